The summed E-state index contributed by atoms with van der Waals surface area (Å²) in [6, 6.07) is 14.5. The summed E-state index contributed by atoms with van der Waals surface area (Å²) in [7, 11) is 0. The first kappa shape index (κ1) is 20.3. The number of ether oxygens (including phenoxy) is 1. The molecular weight excluding hydrogens is 410 g/mol. The zero-order valence-electron chi connectivity index (χ0n) is 16.0. The van der Waals surface area contributed by atoms with Crippen LogP contribution in [0.4, 0.5) is 8.78 Å². The summed E-state index contributed by atoms with van der Waals surface area (Å²) in [5.74, 6) is -0.135. The lowest BCUT2D eigenvalue weighted by Crippen LogP contribution is -2.38. The number of hydrogen-bond donors (Lipinski definition) is 2. The van der Waals surface area contributed by atoms with Gasteiger partial charge in [0.1, 0.15) is 12.4 Å². The van der Waals surface area contributed by atoms with Crippen LogP contribution < -0.4 is 15.4 Å². The van der Waals surface area contributed by atoms with E-state index in [9.17, 15) is 18.4 Å². The number of rotatable bonds is 7. The molecule has 1 atom stereocenters. The molecule has 2 heterocycles. The molecule has 156 valence electrons. The number of alkyl halides is 2. The summed E-state index contributed by atoms with van der Waals surface area (Å²) in [6.07, 6.45) is -1.74. The van der Waals surface area contributed by atoms with Gasteiger partial charge >= 0.3 is 0 Å². The Morgan fingerprint density at radius 2 is 2.03 bits per heavy atom. The maximum Gasteiger partial charge on any atom is 0.273 e. The highest BCUT2D eigenvalue weighted by Gasteiger charge is 2.27. The molecular formula is C22H20F2N2O3S. The van der Waals surface area contributed by atoms with Crippen molar-refractivity contribution in [2.24, 2.45) is 0 Å². The quantitative estimate of drug-likeness (QED) is 0.583. The van der Waals surface area contributed by atoms with E-state index >= 15 is 0 Å². The van der Waals surface area contributed by atoms with Gasteiger partial charge in [0, 0.05) is 29.1 Å². The Morgan fingerprint density at radius 1 is 1.23 bits per heavy atom. The lowest BCUT2D eigenvalue weighted by molar-refractivity contribution is -0.119. The van der Waals surface area contributed by atoms with Gasteiger partial charge in [0.25, 0.3) is 12.3 Å². The minimum atomic E-state index is -2.76. The molecule has 2 amide bonds. The number of carbonyl (C=O) groups is 2. The Kier molecular flexibility index (Phi) is 5.94. The summed E-state index contributed by atoms with van der Waals surface area (Å²) < 4.78 is 33.7. The summed E-state index contributed by atoms with van der Waals surface area (Å²) in [6.45, 7) is 0.538. The third-order valence-electron chi connectivity index (χ3n) is 4.95. The van der Waals surface area contributed by atoms with Crippen molar-refractivity contribution in [1.29, 1.82) is 0 Å². The van der Waals surface area contributed by atoms with E-state index < -0.39 is 12.3 Å². The maximum absolute atomic E-state index is 13.6. The van der Waals surface area contributed by atoms with Crippen molar-refractivity contribution in [3.63, 3.8) is 0 Å². The Bertz CT molecular complexity index is 1070. The van der Waals surface area contributed by atoms with Crippen LogP contribution in [0.15, 0.2) is 48.5 Å². The second-order valence-corrected chi connectivity index (χ2v) is 8.17. The molecule has 30 heavy (non-hydrogen) atoms. The number of thiophene rings is 1. The fraction of sp³-hybridized carbons (Fsp3) is 0.273. The highest BCUT2D eigenvalue weighted by Crippen LogP contribution is 2.39. The average molecular weight is 430 g/mol. The molecule has 0 aliphatic carbocycles. The third kappa shape index (κ3) is 4.43. The Morgan fingerprint density at radius 3 is 2.73 bits per heavy atom. The van der Waals surface area contributed by atoms with Crippen LogP contribution in [0.1, 0.15) is 40.1 Å². The fourth-order valence-corrected chi connectivity index (χ4v) is 4.49. The van der Waals surface area contributed by atoms with Crippen LogP contribution >= 0.6 is 11.3 Å². The lowest BCUT2D eigenvalue weighted by Gasteiger charge is -2.12. The molecule has 1 unspecified atom stereocenters. The summed E-state index contributed by atoms with van der Waals surface area (Å²) in [5.41, 5.74) is 0.951. The topological polar surface area (TPSA) is 67.4 Å². The van der Waals surface area contributed by atoms with Gasteiger partial charge in [-0.3, -0.25) is 9.59 Å². The molecule has 1 fully saturated rings. The Balaban J connectivity index is 1.56. The highest BCUT2D eigenvalue weighted by molar-refractivity contribution is 7.19. The molecule has 0 saturated carbocycles. The zero-order chi connectivity index (χ0) is 21.1. The first-order chi connectivity index (χ1) is 14.5. The van der Waals surface area contributed by atoms with Crippen LogP contribution in [0.25, 0.3) is 10.1 Å². The van der Waals surface area contributed by atoms with E-state index in [0.29, 0.717) is 35.3 Å². The molecule has 1 aliphatic heterocycles. The number of carbonyl (C=O) groups excluding carboxylic acids is 2. The number of nitrogens with one attached hydrogen (secondary N) is 2. The van der Waals surface area contributed by atoms with Gasteiger partial charge in [-0.1, -0.05) is 30.3 Å². The van der Waals surface area contributed by atoms with Crippen molar-refractivity contribution >= 4 is 33.2 Å². The Labute approximate surface area is 176 Å². The maximum atomic E-state index is 13.6. The van der Waals surface area contributed by atoms with Crippen LogP contribution in [0.5, 0.6) is 5.75 Å². The van der Waals surface area contributed by atoms with E-state index in [2.05, 4.69) is 10.6 Å². The number of fused-ring (bicyclic) bond motifs is 1. The normalized spacial score (nSPS) is 16.1. The third-order valence-corrected chi connectivity index (χ3v) is 6.13. The van der Waals surface area contributed by atoms with Crippen molar-refractivity contribution in [1.82, 2.24) is 10.6 Å². The van der Waals surface area contributed by atoms with Gasteiger partial charge in [0.15, 0.2) is 0 Å². The molecule has 1 aromatic heterocycles. The molecule has 0 bridgehead atoms. The first-order valence-electron chi connectivity index (χ1n) is 9.60. The van der Waals surface area contributed by atoms with Gasteiger partial charge in [-0.05, 0) is 30.2 Å². The van der Waals surface area contributed by atoms with Crippen LogP contribution in [0.2, 0.25) is 0 Å². The molecule has 3 aromatic rings. The van der Waals surface area contributed by atoms with Gasteiger partial charge < -0.3 is 15.4 Å². The predicted molar refractivity (Wildman–Crippen MR) is 111 cm³/mol. The first-order valence-corrected chi connectivity index (χ1v) is 10.4. The SMILES string of the molecule is O=C1CCC(CNC(=O)c2c(C(F)F)sc3ccc(OCc4ccccc4)cc23)N1. The molecule has 1 saturated heterocycles. The van der Waals surface area contributed by atoms with Crippen LogP contribution in [-0.2, 0) is 11.4 Å². The molecule has 1 aliphatic rings. The monoisotopic (exact) mass is 430 g/mol. The molecule has 5 nitrogen and oxygen atoms in total. The minimum absolute atomic E-state index is 0.0283. The lowest BCUT2D eigenvalue weighted by atomic mass is 10.1. The molecule has 2 aromatic carbocycles. The van der Waals surface area contributed by atoms with Gasteiger partial charge in [-0.25, -0.2) is 8.78 Å². The van der Waals surface area contributed by atoms with Crippen molar-refractivity contribution < 1.29 is 23.1 Å². The van der Waals surface area contributed by atoms with E-state index in [-0.39, 0.29) is 28.9 Å². The second kappa shape index (κ2) is 8.79. The van der Waals surface area contributed by atoms with Gasteiger partial charge in [-0.2, -0.15) is 0 Å². The molecule has 2 N–H and O–H groups in total. The van der Waals surface area contributed by atoms with Crippen molar-refractivity contribution in [3.05, 3.63) is 64.5 Å². The average Bonchev–Trinajstić information content (AvgIpc) is 3.34. The summed E-state index contributed by atoms with van der Waals surface area (Å²) >= 11 is 0.906. The van der Waals surface area contributed by atoms with Crippen molar-refractivity contribution in [3.8, 4) is 5.75 Å². The van der Waals surface area contributed by atoms with Crippen molar-refractivity contribution in [2.75, 3.05) is 6.54 Å². The standard InChI is InChI=1S/C22H20F2N2O3S/c23-21(24)20-19(22(28)25-11-14-6-9-18(27)26-14)16-10-15(7-8-17(16)30-20)29-12-13-4-2-1-3-5-13/h1-5,7-8,10,14,21H,6,9,11-12H2,(H,25,28)(H,26,27). The van der Waals surface area contributed by atoms with E-state index in [4.69, 9.17) is 4.74 Å². The number of hydrogen-bond acceptors (Lipinski definition) is 4. The molecule has 0 radical (unpaired) electrons. The Hall–Kier alpha value is -3.00. The van der Waals surface area contributed by atoms with E-state index in [1.54, 1.807) is 18.2 Å². The number of benzene rings is 2. The van der Waals surface area contributed by atoms with Crippen molar-refractivity contribution in [2.45, 2.75) is 31.9 Å². The van der Waals surface area contributed by atoms with E-state index in [0.717, 1.165) is 16.9 Å². The van der Waals surface area contributed by atoms with Crippen LogP contribution in [0.3, 0.4) is 0 Å². The van der Waals surface area contributed by atoms with Crippen LogP contribution in [0, 0.1) is 0 Å². The zero-order valence-corrected chi connectivity index (χ0v) is 16.8. The molecule has 0 spiro atoms. The highest BCUT2D eigenvalue weighted by atomic mass is 32.1. The van der Waals surface area contributed by atoms with Crippen LogP contribution in [-0.4, -0.2) is 24.4 Å². The van der Waals surface area contributed by atoms with E-state index in [1.807, 2.05) is 30.3 Å². The largest absolute Gasteiger partial charge is 0.489 e. The fourth-order valence-electron chi connectivity index (χ4n) is 3.45. The summed E-state index contributed by atoms with van der Waals surface area (Å²) in [4.78, 5) is 23.8. The predicted octanol–water partition coefficient (Wildman–Crippen LogP) is 4.43. The number of halogens is 2. The minimum Gasteiger partial charge on any atom is -0.489 e. The smallest absolute Gasteiger partial charge is 0.273 e. The second-order valence-electron chi connectivity index (χ2n) is 7.09. The van der Waals surface area contributed by atoms with Gasteiger partial charge in [0.2, 0.25) is 5.91 Å². The number of amides is 2. The van der Waals surface area contributed by atoms with E-state index in [1.165, 1.54) is 0 Å². The van der Waals surface area contributed by atoms with Gasteiger partial charge in [0.05, 0.1) is 10.4 Å². The summed E-state index contributed by atoms with van der Waals surface area (Å²) in [5, 5.41) is 5.88. The molecule has 4 rings (SSSR count). The van der Waals surface area contributed by atoms with Gasteiger partial charge in [-0.15, -0.1) is 11.3 Å². The molecule has 8 heteroatoms.